The molecule has 1 aromatic carbocycles. The number of hydrogen-bond acceptors (Lipinski definition) is 3. The molecule has 0 bridgehead atoms. The Morgan fingerprint density at radius 2 is 2.10 bits per heavy atom. The summed E-state index contributed by atoms with van der Waals surface area (Å²) in [5, 5.41) is 12.3. The van der Waals surface area contributed by atoms with Gasteiger partial charge in [0, 0.05) is 29.7 Å². The molecule has 0 heterocycles. The fourth-order valence-electron chi connectivity index (χ4n) is 1.77. The number of hydrogen-bond donors (Lipinski definition) is 2. The fourth-order valence-corrected chi connectivity index (χ4v) is 1.95. The maximum Gasteiger partial charge on any atom is 0.323 e. The first-order chi connectivity index (χ1) is 9.38. The standard InChI is InChI=1S/C14H19ClN2O3/c1-10(2)16-13(18)6-7-17(9-14(19)20)12-5-3-4-11(15)8-12/h3-5,8,10H,6-7,9H2,1-2H3,(H,16,18)(H,19,20). The van der Waals surface area contributed by atoms with Crippen molar-refractivity contribution in [3.8, 4) is 0 Å². The molecule has 1 aromatic rings. The lowest BCUT2D eigenvalue weighted by atomic mass is 10.2. The minimum absolute atomic E-state index is 0.0709. The quantitative estimate of drug-likeness (QED) is 0.809. The van der Waals surface area contributed by atoms with Crippen molar-refractivity contribution in [2.45, 2.75) is 26.3 Å². The Labute approximate surface area is 123 Å². The van der Waals surface area contributed by atoms with Crippen LogP contribution in [0.4, 0.5) is 5.69 Å². The third kappa shape index (κ3) is 5.93. The lowest BCUT2D eigenvalue weighted by Crippen LogP contribution is -2.36. The van der Waals surface area contributed by atoms with Gasteiger partial charge in [0.05, 0.1) is 0 Å². The molecule has 0 saturated heterocycles. The highest BCUT2D eigenvalue weighted by molar-refractivity contribution is 6.30. The number of carbonyl (C=O) groups is 2. The van der Waals surface area contributed by atoms with Gasteiger partial charge in [-0.2, -0.15) is 0 Å². The highest BCUT2D eigenvalue weighted by Gasteiger charge is 2.13. The molecule has 0 unspecified atom stereocenters. The Morgan fingerprint density at radius 1 is 1.40 bits per heavy atom. The van der Waals surface area contributed by atoms with Crippen LogP contribution in [0.5, 0.6) is 0 Å². The number of benzene rings is 1. The summed E-state index contributed by atoms with van der Waals surface area (Å²) in [4.78, 5) is 24.2. The minimum atomic E-state index is -0.950. The summed E-state index contributed by atoms with van der Waals surface area (Å²) in [5.74, 6) is -1.05. The summed E-state index contributed by atoms with van der Waals surface area (Å²) < 4.78 is 0. The number of anilines is 1. The highest BCUT2D eigenvalue weighted by Crippen LogP contribution is 2.19. The number of halogens is 1. The van der Waals surface area contributed by atoms with Crippen LogP contribution in [0, 0.1) is 0 Å². The number of carbonyl (C=O) groups excluding carboxylic acids is 1. The van der Waals surface area contributed by atoms with Gasteiger partial charge < -0.3 is 15.3 Å². The molecule has 0 saturated carbocycles. The summed E-state index contributed by atoms with van der Waals surface area (Å²) in [6.45, 7) is 3.91. The topological polar surface area (TPSA) is 69.6 Å². The average molecular weight is 299 g/mol. The van der Waals surface area contributed by atoms with Gasteiger partial charge >= 0.3 is 5.97 Å². The molecule has 0 aliphatic carbocycles. The van der Waals surface area contributed by atoms with Gasteiger partial charge in [0.25, 0.3) is 0 Å². The van der Waals surface area contributed by atoms with E-state index in [0.29, 0.717) is 17.3 Å². The van der Waals surface area contributed by atoms with E-state index in [1.54, 1.807) is 29.2 Å². The van der Waals surface area contributed by atoms with Crippen molar-refractivity contribution in [1.29, 1.82) is 0 Å². The van der Waals surface area contributed by atoms with E-state index in [9.17, 15) is 9.59 Å². The molecule has 20 heavy (non-hydrogen) atoms. The van der Waals surface area contributed by atoms with Crippen LogP contribution in [0.2, 0.25) is 5.02 Å². The second-order valence-corrected chi connectivity index (χ2v) is 5.20. The van der Waals surface area contributed by atoms with Gasteiger partial charge in [-0.3, -0.25) is 9.59 Å². The maximum absolute atomic E-state index is 11.6. The molecule has 1 rings (SSSR count). The number of carboxylic acid groups (broad SMARTS) is 1. The van der Waals surface area contributed by atoms with Crippen LogP contribution < -0.4 is 10.2 Å². The predicted molar refractivity (Wildman–Crippen MR) is 79.2 cm³/mol. The summed E-state index contributed by atoms with van der Waals surface area (Å²) in [5.41, 5.74) is 0.692. The summed E-state index contributed by atoms with van der Waals surface area (Å²) in [6.07, 6.45) is 0.234. The summed E-state index contributed by atoms with van der Waals surface area (Å²) >= 11 is 5.90. The third-order valence-electron chi connectivity index (χ3n) is 2.56. The first-order valence-electron chi connectivity index (χ1n) is 6.40. The number of aliphatic carboxylic acids is 1. The molecule has 0 aromatic heterocycles. The van der Waals surface area contributed by atoms with Crippen molar-refractivity contribution >= 4 is 29.2 Å². The highest BCUT2D eigenvalue weighted by atomic mass is 35.5. The summed E-state index contributed by atoms with van der Waals surface area (Å²) in [7, 11) is 0. The van der Waals surface area contributed by atoms with Gasteiger partial charge in [0.15, 0.2) is 0 Å². The largest absolute Gasteiger partial charge is 0.480 e. The van der Waals surface area contributed by atoms with Crippen LogP contribution >= 0.6 is 11.6 Å². The Bertz CT molecular complexity index is 477. The van der Waals surface area contributed by atoms with Crippen molar-refractivity contribution in [2.24, 2.45) is 0 Å². The average Bonchev–Trinajstić information content (AvgIpc) is 2.33. The molecular weight excluding hydrogens is 280 g/mol. The zero-order valence-electron chi connectivity index (χ0n) is 11.6. The minimum Gasteiger partial charge on any atom is -0.480 e. The molecule has 0 fully saturated rings. The van der Waals surface area contributed by atoms with Crippen molar-refractivity contribution in [3.05, 3.63) is 29.3 Å². The van der Waals surface area contributed by atoms with E-state index in [4.69, 9.17) is 16.7 Å². The van der Waals surface area contributed by atoms with Crippen molar-refractivity contribution in [1.82, 2.24) is 5.32 Å². The molecule has 0 atom stereocenters. The van der Waals surface area contributed by atoms with E-state index >= 15 is 0 Å². The number of carboxylic acids is 1. The lowest BCUT2D eigenvalue weighted by molar-refractivity contribution is -0.135. The second-order valence-electron chi connectivity index (χ2n) is 4.77. The second kappa shape index (κ2) is 7.75. The van der Waals surface area contributed by atoms with Gasteiger partial charge in [-0.25, -0.2) is 0 Å². The Hall–Kier alpha value is -1.75. The van der Waals surface area contributed by atoms with E-state index in [1.807, 2.05) is 13.8 Å². The van der Waals surface area contributed by atoms with E-state index in [2.05, 4.69) is 5.32 Å². The van der Waals surface area contributed by atoms with E-state index in [-0.39, 0.29) is 24.9 Å². The summed E-state index contributed by atoms with van der Waals surface area (Å²) in [6, 6.07) is 7.00. The Kier molecular flexibility index (Phi) is 6.31. The molecular formula is C14H19ClN2O3. The Balaban J connectivity index is 2.70. The first kappa shape index (κ1) is 16.3. The van der Waals surface area contributed by atoms with Crippen LogP contribution in [0.15, 0.2) is 24.3 Å². The Morgan fingerprint density at radius 3 is 2.65 bits per heavy atom. The van der Waals surface area contributed by atoms with Crippen LogP contribution in [0.25, 0.3) is 0 Å². The number of nitrogens with one attached hydrogen (secondary N) is 1. The van der Waals surface area contributed by atoms with E-state index in [0.717, 1.165) is 0 Å². The normalized spacial score (nSPS) is 10.4. The van der Waals surface area contributed by atoms with Crippen molar-refractivity contribution < 1.29 is 14.7 Å². The smallest absolute Gasteiger partial charge is 0.323 e. The van der Waals surface area contributed by atoms with Gasteiger partial charge in [-0.15, -0.1) is 0 Å². The molecule has 0 radical (unpaired) electrons. The zero-order chi connectivity index (χ0) is 15.1. The maximum atomic E-state index is 11.6. The monoisotopic (exact) mass is 298 g/mol. The van der Waals surface area contributed by atoms with Crippen molar-refractivity contribution in [3.63, 3.8) is 0 Å². The van der Waals surface area contributed by atoms with Crippen LogP contribution in [0.3, 0.4) is 0 Å². The molecule has 6 heteroatoms. The van der Waals surface area contributed by atoms with Crippen LogP contribution in [-0.4, -0.2) is 36.1 Å². The van der Waals surface area contributed by atoms with Crippen LogP contribution in [-0.2, 0) is 9.59 Å². The SMILES string of the molecule is CC(C)NC(=O)CCN(CC(=O)O)c1cccc(Cl)c1. The first-order valence-corrected chi connectivity index (χ1v) is 6.78. The molecule has 2 N–H and O–H groups in total. The number of nitrogens with zero attached hydrogens (tertiary/aromatic N) is 1. The van der Waals surface area contributed by atoms with Gasteiger partial charge in [-0.1, -0.05) is 17.7 Å². The van der Waals surface area contributed by atoms with E-state index in [1.165, 1.54) is 0 Å². The van der Waals surface area contributed by atoms with Crippen molar-refractivity contribution in [2.75, 3.05) is 18.0 Å². The van der Waals surface area contributed by atoms with Gasteiger partial charge in [0.1, 0.15) is 6.54 Å². The molecule has 5 nitrogen and oxygen atoms in total. The fraction of sp³-hybridized carbons (Fsp3) is 0.429. The number of amides is 1. The molecule has 1 amide bonds. The molecule has 0 spiro atoms. The zero-order valence-corrected chi connectivity index (χ0v) is 12.4. The molecule has 0 aliphatic rings. The van der Waals surface area contributed by atoms with Gasteiger partial charge in [0.2, 0.25) is 5.91 Å². The van der Waals surface area contributed by atoms with Crippen LogP contribution in [0.1, 0.15) is 20.3 Å². The van der Waals surface area contributed by atoms with E-state index < -0.39 is 5.97 Å². The molecule has 0 aliphatic heterocycles. The molecule has 110 valence electrons. The number of rotatable bonds is 7. The third-order valence-corrected chi connectivity index (χ3v) is 2.79. The lowest BCUT2D eigenvalue weighted by Gasteiger charge is -2.23. The van der Waals surface area contributed by atoms with Gasteiger partial charge in [-0.05, 0) is 32.0 Å². The predicted octanol–water partition coefficient (Wildman–Crippen LogP) is 2.15.